The molecular formula is C24H34N4O5. The fraction of sp³-hybridized carbons (Fsp3) is 0.667. The molecule has 0 bridgehead atoms. The van der Waals surface area contributed by atoms with Gasteiger partial charge in [0, 0.05) is 63.7 Å². The monoisotopic (exact) mass is 458 g/mol. The zero-order valence-electron chi connectivity index (χ0n) is 19.8. The van der Waals surface area contributed by atoms with Gasteiger partial charge in [0.25, 0.3) is 5.91 Å². The fourth-order valence-corrected chi connectivity index (χ4v) is 5.07. The maximum absolute atomic E-state index is 13.0. The first kappa shape index (κ1) is 23.3. The molecule has 0 aromatic carbocycles. The molecule has 1 atom stereocenters. The van der Waals surface area contributed by atoms with Crippen LogP contribution in [0.5, 0.6) is 0 Å². The Kier molecular flexibility index (Phi) is 6.50. The summed E-state index contributed by atoms with van der Waals surface area (Å²) in [6.07, 6.45) is 3.03. The molecule has 4 rings (SSSR count). The van der Waals surface area contributed by atoms with Gasteiger partial charge in [-0.15, -0.1) is 0 Å². The lowest BCUT2D eigenvalue weighted by Crippen LogP contribution is -2.53. The number of piperazine rings is 1. The number of carbonyl (C=O) groups is 4. The summed E-state index contributed by atoms with van der Waals surface area (Å²) in [7, 11) is 0. The molecular weight excluding hydrogens is 424 g/mol. The van der Waals surface area contributed by atoms with Crippen molar-refractivity contribution in [3.05, 3.63) is 24.2 Å². The molecule has 1 aromatic heterocycles. The fourth-order valence-electron chi connectivity index (χ4n) is 5.07. The van der Waals surface area contributed by atoms with Crippen molar-refractivity contribution in [3.8, 4) is 0 Å². The highest BCUT2D eigenvalue weighted by molar-refractivity contribution is 5.92. The molecule has 1 aromatic rings. The number of amides is 4. The quantitative estimate of drug-likeness (QED) is 0.683. The predicted molar refractivity (Wildman–Crippen MR) is 120 cm³/mol. The van der Waals surface area contributed by atoms with Gasteiger partial charge < -0.3 is 24.0 Å². The molecule has 3 aliphatic heterocycles. The Morgan fingerprint density at radius 2 is 1.45 bits per heavy atom. The van der Waals surface area contributed by atoms with E-state index in [-0.39, 0.29) is 47.4 Å². The molecule has 0 N–H and O–H groups in total. The van der Waals surface area contributed by atoms with E-state index in [1.54, 1.807) is 21.9 Å². The largest absolute Gasteiger partial charge is 0.459 e. The van der Waals surface area contributed by atoms with Crippen molar-refractivity contribution in [2.24, 2.45) is 11.8 Å². The second kappa shape index (κ2) is 9.19. The lowest BCUT2D eigenvalue weighted by Gasteiger charge is -2.38. The Labute approximate surface area is 194 Å². The van der Waals surface area contributed by atoms with Gasteiger partial charge in [0.15, 0.2) is 5.76 Å². The van der Waals surface area contributed by atoms with Gasteiger partial charge >= 0.3 is 0 Å². The van der Waals surface area contributed by atoms with Gasteiger partial charge in [-0.2, -0.15) is 0 Å². The van der Waals surface area contributed by atoms with E-state index in [2.05, 4.69) is 0 Å². The number of rotatable bonds is 3. The highest BCUT2D eigenvalue weighted by Crippen LogP contribution is 2.29. The van der Waals surface area contributed by atoms with Crippen LogP contribution in [0.3, 0.4) is 0 Å². The van der Waals surface area contributed by atoms with Crippen LogP contribution in [0.25, 0.3) is 0 Å². The lowest BCUT2D eigenvalue weighted by molar-refractivity contribution is -0.143. The average molecular weight is 459 g/mol. The number of hydrogen-bond donors (Lipinski definition) is 0. The van der Waals surface area contributed by atoms with Gasteiger partial charge in [-0.1, -0.05) is 0 Å². The summed E-state index contributed by atoms with van der Waals surface area (Å²) in [6, 6.07) is 3.34. The maximum Gasteiger partial charge on any atom is 0.289 e. The Hall–Kier alpha value is -2.84. The van der Waals surface area contributed by atoms with Crippen LogP contribution in [-0.4, -0.2) is 94.6 Å². The molecule has 1 unspecified atom stereocenters. The summed E-state index contributed by atoms with van der Waals surface area (Å²) in [5, 5.41) is 0. The maximum atomic E-state index is 13.0. The smallest absolute Gasteiger partial charge is 0.289 e. The summed E-state index contributed by atoms with van der Waals surface area (Å²) < 4.78 is 5.19. The van der Waals surface area contributed by atoms with Crippen molar-refractivity contribution in [1.29, 1.82) is 0 Å². The zero-order chi connectivity index (χ0) is 23.8. The molecule has 0 spiro atoms. The minimum absolute atomic E-state index is 0.0334. The van der Waals surface area contributed by atoms with E-state index in [1.807, 2.05) is 30.6 Å². The van der Waals surface area contributed by atoms with Crippen molar-refractivity contribution >= 4 is 23.6 Å². The summed E-state index contributed by atoms with van der Waals surface area (Å²) in [6.45, 7) is 9.53. The van der Waals surface area contributed by atoms with Crippen molar-refractivity contribution < 1.29 is 23.6 Å². The second-order valence-corrected chi connectivity index (χ2v) is 10.3. The number of nitrogens with zero attached hydrogens (tertiary/aromatic N) is 4. The summed E-state index contributed by atoms with van der Waals surface area (Å²) >= 11 is 0. The van der Waals surface area contributed by atoms with Gasteiger partial charge in [-0.05, 0) is 45.7 Å². The molecule has 3 saturated heterocycles. The standard InChI is InChI=1S/C24H34N4O5/c1-24(2,3)28-16-18(15-20(28)29)22(31)25-8-6-17(7-9-25)21(30)26-10-12-27(13-11-26)23(32)19-5-4-14-33-19/h4-5,14,17-18H,6-13,15-16H2,1-3H3. The summed E-state index contributed by atoms with van der Waals surface area (Å²) in [5.74, 6) is -0.0269. The van der Waals surface area contributed by atoms with Crippen LogP contribution in [0.2, 0.25) is 0 Å². The number of furan rings is 1. The number of likely N-dealkylation sites (tertiary alicyclic amines) is 2. The highest BCUT2D eigenvalue weighted by atomic mass is 16.3. The molecule has 33 heavy (non-hydrogen) atoms. The van der Waals surface area contributed by atoms with E-state index in [1.165, 1.54) is 6.26 Å². The first-order valence-corrected chi connectivity index (χ1v) is 11.9. The van der Waals surface area contributed by atoms with E-state index in [0.29, 0.717) is 64.4 Å². The van der Waals surface area contributed by atoms with Gasteiger partial charge in [0.2, 0.25) is 17.7 Å². The van der Waals surface area contributed by atoms with E-state index in [9.17, 15) is 19.2 Å². The number of carbonyl (C=O) groups excluding carboxylic acids is 4. The zero-order valence-corrected chi connectivity index (χ0v) is 19.8. The highest BCUT2D eigenvalue weighted by Gasteiger charge is 2.42. The summed E-state index contributed by atoms with van der Waals surface area (Å²) in [4.78, 5) is 58.0. The molecule has 0 saturated carbocycles. The summed E-state index contributed by atoms with van der Waals surface area (Å²) in [5.41, 5.74) is -0.280. The Morgan fingerprint density at radius 1 is 0.879 bits per heavy atom. The van der Waals surface area contributed by atoms with Crippen molar-refractivity contribution in [3.63, 3.8) is 0 Å². The van der Waals surface area contributed by atoms with Crippen LogP contribution in [0.1, 0.15) is 50.6 Å². The van der Waals surface area contributed by atoms with Gasteiger partial charge in [-0.3, -0.25) is 19.2 Å². The van der Waals surface area contributed by atoms with Crippen LogP contribution < -0.4 is 0 Å². The molecule has 4 heterocycles. The van der Waals surface area contributed by atoms with Gasteiger partial charge in [-0.25, -0.2) is 0 Å². The lowest BCUT2D eigenvalue weighted by atomic mass is 9.93. The molecule has 0 aliphatic carbocycles. The van der Waals surface area contributed by atoms with Gasteiger partial charge in [0.1, 0.15) is 0 Å². The predicted octanol–water partition coefficient (Wildman–Crippen LogP) is 1.45. The van der Waals surface area contributed by atoms with Crippen LogP contribution >= 0.6 is 0 Å². The van der Waals surface area contributed by atoms with Crippen LogP contribution in [0.4, 0.5) is 0 Å². The van der Waals surface area contributed by atoms with E-state index in [0.717, 1.165) is 0 Å². The first-order chi connectivity index (χ1) is 15.6. The normalized spacial score (nSPS) is 22.8. The second-order valence-electron chi connectivity index (χ2n) is 10.3. The Bertz CT molecular complexity index is 890. The van der Waals surface area contributed by atoms with Crippen molar-refractivity contribution in [2.75, 3.05) is 45.8 Å². The average Bonchev–Trinajstić information content (AvgIpc) is 3.48. The minimum Gasteiger partial charge on any atom is -0.459 e. The molecule has 3 fully saturated rings. The molecule has 4 amide bonds. The van der Waals surface area contributed by atoms with Crippen LogP contribution in [0, 0.1) is 11.8 Å². The number of hydrogen-bond acceptors (Lipinski definition) is 5. The first-order valence-electron chi connectivity index (χ1n) is 11.9. The third-order valence-corrected chi connectivity index (χ3v) is 7.05. The van der Waals surface area contributed by atoms with E-state index >= 15 is 0 Å². The molecule has 180 valence electrons. The third-order valence-electron chi connectivity index (χ3n) is 7.05. The third kappa shape index (κ3) is 4.91. The Balaban J connectivity index is 1.24. The van der Waals surface area contributed by atoms with E-state index < -0.39 is 0 Å². The number of piperidine rings is 1. The van der Waals surface area contributed by atoms with Crippen LogP contribution in [0.15, 0.2) is 22.8 Å². The van der Waals surface area contributed by atoms with Crippen LogP contribution in [-0.2, 0) is 14.4 Å². The molecule has 0 radical (unpaired) electrons. The van der Waals surface area contributed by atoms with Crippen molar-refractivity contribution in [2.45, 2.75) is 45.6 Å². The van der Waals surface area contributed by atoms with Crippen molar-refractivity contribution in [1.82, 2.24) is 19.6 Å². The molecule has 9 heteroatoms. The molecule has 9 nitrogen and oxygen atoms in total. The Morgan fingerprint density at radius 3 is 2.00 bits per heavy atom. The topological polar surface area (TPSA) is 94.4 Å². The minimum atomic E-state index is -0.288. The van der Waals surface area contributed by atoms with Gasteiger partial charge in [0.05, 0.1) is 12.2 Å². The van der Waals surface area contributed by atoms with E-state index in [4.69, 9.17) is 4.42 Å². The molecule has 3 aliphatic rings. The SMILES string of the molecule is CC(C)(C)N1CC(C(=O)N2CCC(C(=O)N3CCN(C(=O)c4ccco4)CC3)CC2)CC1=O.